The molecule has 0 aliphatic rings. The Kier molecular flexibility index (Phi) is 5.52. The topological polar surface area (TPSA) is 81.4 Å². The van der Waals surface area contributed by atoms with Gasteiger partial charge in [0.05, 0.1) is 18.0 Å². The zero-order valence-corrected chi connectivity index (χ0v) is 11.7. The first-order valence-electron chi connectivity index (χ1n) is 5.43. The number of benzene rings is 1. The van der Waals surface area contributed by atoms with Crippen LogP contribution in [0.4, 0.5) is 5.69 Å². The molecule has 0 radical (unpaired) electrons. The van der Waals surface area contributed by atoms with E-state index in [9.17, 15) is 8.42 Å². The van der Waals surface area contributed by atoms with Gasteiger partial charge in [-0.3, -0.25) is 4.72 Å². The molecule has 0 atom stereocenters. The maximum Gasteiger partial charge on any atom is 0.235 e. The predicted molar refractivity (Wildman–Crippen MR) is 76.2 cm³/mol. The van der Waals surface area contributed by atoms with Gasteiger partial charge in [0, 0.05) is 12.2 Å². The van der Waals surface area contributed by atoms with Crippen LogP contribution in [-0.4, -0.2) is 32.4 Å². The Bertz CT molecular complexity index is 515. The van der Waals surface area contributed by atoms with Crippen LogP contribution >= 0.6 is 12.2 Å². The lowest BCUT2D eigenvalue weighted by Crippen LogP contribution is -2.22. The number of hydrogen-bond donors (Lipinski definition) is 2. The second-order valence-electron chi connectivity index (χ2n) is 3.53. The second-order valence-corrected chi connectivity index (χ2v) is 5.81. The predicted octanol–water partition coefficient (Wildman–Crippen LogP) is 1.10. The second kappa shape index (κ2) is 6.67. The lowest BCUT2D eigenvalue weighted by Gasteiger charge is -2.11. The molecule has 0 fully saturated rings. The van der Waals surface area contributed by atoms with Crippen LogP contribution in [0.15, 0.2) is 24.3 Å². The third-order valence-electron chi connectivity index (χ3n) is 2.16. The van der Waals surface area contributed by atoms with E-state index in [2.05, 4.69) is 4.72 Å². The zero-order chi connectivity index (χ0) is 13.6. The zero-order valence-electron chi connectivity index (χ0n) is 10.0. The number of nitrogens with two attached hydrogens (primary N) is 1. The summed E-state index contributed by atoms with van der Waals surface area (Å²) in [6, 6.07) is 6.74. The first-order valence-corrected chi connectivity index (χ1v) is 7.49. The molecule has 0 saturated heterocycles. The van der Waals surface area contributed by atoms with Crippen molar-refractivity contribution >= 4 is 32.9 Å². The summed E-state index contributed by atoms with van der Waals surface area (Å²) in [5, 5.41) is 0. The number of hydrogen-bond acceptors (Lipinski definition) is 4. The SMILES string of the molecule is CCOCCS(=O)(=O)Nc1ccccc1C(N)=S. The van der Waals surface area contributed by atoms with E-state index in [0.29, 0.717) is 17.9 Å². The Balaban J connectivity index is 2.81. The molecule has 100 valence electrons. The summed E-state index contributed by atoms with van der Waals surface area (Å²) in [5.41, 5.74) is 6.42. The van der Waals surface area contributed by atoms with Crippen LogP contribution < -0.4 is 10.5 Å². The van der Waals surface area contributed by atoms with E-state index < -0.39 is 10.0 Å². The fourth-order valence-electron chi connectivity index (χ4n) is 1.32. The number of anilines is 1. The highest BCUT2D eigenvalue weighted by Gasteiger charge is 2.13. The summed E-state index contributed by atoms with van der Waals surface area (Å²) in [5.74, 6) is -0.105. The van der Waals surface area contributed by atoms with E-state index in [1.54, 1.807) is 24.3 Å². The number of sulfonamides is 1. The average Bonchev–Trinajstić information content (AvgIpc) is 2.29. The maximum absolute atomic E-state index is 11.8. The molecule has 18 heavy (non-hydrogen) atoms. The van der Waals surface area contributed by atoms with E-state index in [4.69, 9.17) is 22.7 Å². The highest BCUT2D eigenvalue weighted by molar-refractivity contribution is 7.92. The molecule has 1 aromatic carbocycles. The molecule has 1 aromatic rings. The highest BCUT2D eigenvalue weighted by atomic mass is 32.2. The summed E-state index contributed by atoms with van der Waals surface area (Å²) in [6.07, 6.45) is 0. The molecule has 0 spiro atoms. The standard InChI is InChI=1S/C11H16N2O3S2/c1-2-16-7-8-18(14,15)13-10-6-4-3-5-9(10)11(12)17/h3-6,13H,2,7-8H2,1H3,(H2,12,17). The highest BCUT2D eigenvalue weighted by Crippen LogP contribution is 2.16. The minimum absolute atomic E-state index is 0.105. The summed E-state index contributed by atoms with van der Waals surface area (Å²) in [6.45, 7) is 2.45. The quantitative estimate of drug-likeness (QED) is 0.580. The fraction of sp³-hybridized carbons (Fsp3) is 0.364. The molecule has 0 heterocycles. The van der Waals surface area contributed by atoms with Crippen LogP contribution in [0, 0.1) is 0 Å². The molecular weight excluding hydrogens is 272 g/mol. The van der Waals surface area contributed by atoms with Gasteiger partial charge in [-0.15, -0.1) is 0 Å². The van der Waals surface area contributed by atoms with Crippen molar-refractivity contribution in [1.29, 1.82) is 0 Å². The monoisotopic (exact) mass is 288 g/mol. The van der Waals surface area contributed by atoms with Gasteiger partial charge >= 0.3 is 0 Å². The summed E-state index contributed by atoms with van der Waals surface area (Å²) < 4.78 is 31.0. The Morgan fingerprint density at radius 1 is 1.44 bits per heavy atom. The Hall–Kier alpha value is -1.18. The van der Waals surface area contributed by atoms with E-state index in [1.165, 1.54) is 0 Å². The van der Waals surface area contributed by atoms with Gasteiger partial charge in [-0.1, -0.05) is 24.4 Å². The van der Waals surface area contributed by atoms with Gasteiger partial charge in [0.25, 0.3) is 0 Å². The van der Waals surface area contributed by atoms with E-state index >= 15 is 0 Å². The van der Waals surface area contributed by atoms with Gasteiger partial charge in [-0.25, -0.2) is 8.42 Å². The molecule has 0 aliphatic heterocycles. The largest absolute Gasteiger partial charge is 0.389 e. The van der Waals surface area contributed by atoms with E-state index in [1.807, 2.05) is 6.92 Å². The molecule has 7 heteroatoms. The fourth-order valence-corrected chi connectivity index (χ4v) is 2.45. The number of nitrogens with one attached hydrogen (secondary N) is 1. The van der Waals surface area contributed by atoms with Gasteiger partial charge in [0.1, 0.15) is 4.99 Å². The van der Waals surface area contributed by atoms with Crippen molar-refractivity contribution in [2.75, 3.05) is 23.7 Å². The van der Waals surface area contributed by atoms with Crippen molar-refractivity contribution in [2.24, 2.45) is 5.73 Å². The molecule has 0 unspecified atom stereocenters. The molecule has 3 N–H and O–H groups in total. The molecule has 0 aliphatic carbocycles. The smallest absolute Gasteiger partial charge is 0.235 e. The molecule has 0 bridgehead atoms. The first-order chi connectivity index (χ1) is 8.46. The number of ether oxygens (including phenoxy) is 1. The summed E-state index contributed by atoms with van der Waals surface area (Å²) >= 11 is 4.86. The van der Waals surface area contributed by atoms with Gasteiger partial charge in [0.15, 0.2) is 0 Å². The molecule has 0 aromatic heterocycles. The number of thiocarbonyl (C=S) groups is 1. The minimum atomic E-state index is -3.45. The Morgan fingerprint density at radius 3 is 2.72 bits per heavy atom. The van der Waals surface area contributed by atoms with Crippen molar-refractivity contribution in [3.8, 4) is 0 Å². The van der Waals surface area contributed by atoms with E-state index in [-0.39, 0.29) is 17.3 Å². The first kappa shape index (κ1) is 14.9. The van der Waals surface area contributed by atoms with Crippen molar-refractivity contribution in [3.05, 3.63) is 29.8 Å². The maximum atomic E-state index is 11.8. The summed E-state index contributed by atoms with van der Waals surface area (Å²) in [4.78, 5) is 0.151. The molecule has 0 saturated carbocycles. The average molecular weight is 288 g/mol. The van der Waals surface area contributed by atoms with Gasteiger partial charge in [0.2, 0.25) is 10.0 Å². The molecule has 0 amide bonds. The van der Waals surface area contributed by atoms with Crippen molar-refractivity contribution in [2.45, 2.75) is 6.92 Å². The number of rotatable bonds is 7. The third-order valence-corrected chi connectivity index (χ3v) is 3.61. The lowest BCUT2D eigenvalue weighted by atomic mass is 10.2. The van der Waals surface area contributed by atoms with Crippen molar-refractivity contribution < 1.29 is 13.2 Å². The third kappa shape index (κ3) is 4.59. The Labute approximate surface area is 112 Å². The van der Waals surface area contributed by atoms with Crippen LogP contribution in [0.5, 0.6) is 0 Å². The molecule has 1 rings (SSSR count). The lowest BCUT2D eigenvalue weighted by molar-refractivity contribution is 0.163. The molecular formula is C11H16N2O3S2. The van der Waals surface area contributed by atoms with Crippen LogP contribution in [0.2, 0.25) is 0 Å². The Morgan fingerprint density at radius 2 is 2.11 bits per heavy atom. The number of para-hydroxylation sites is 1. The van der Waals surface area contributed by atoms with Crippen LogP contribution in [-0.2, 0) is 14.8 Å². The van der Waals surface area contributed by atoms with Crippen LogP contribution in [0.25, 0.3) is 0 Å². The van der Waals surface area contributed by atoms with Gasteiger partial charge in [-0.2, -0.15) is 0 Å². The van der Waals surface area contributed by atoms with Gasteiger partial charge < -0.3 is 10.5 Å². The van der Waals surface area contributed by atoms with Crippen LogP contribution in [0.1, 0.15) is 12.5 Å². The van der Waals surface area contributed by atoms with Crippen molar-refractivity contribution in [3.63, 3.8) is 0 Å². The van der Waals surface area contributed by atoms with Crippen LogP contribution in [0.3, 0.4) is 0 Å². The summed E-state index contributed by atoms with van der Waals surface area (Å²) in [7, 11) is -3.45. The van der Waals surface area contributed by atoms with E-state index in [0.717, 1.165) is 0 Å². The molecule has 5 nitrogen and oxygen atoms in total. The minimum Gasteiger partial charge on any atom is -0.389 e. The van der Waals surface area contributed by atoms with Crippen molar-refractivity contribution in [1.82, 2.24) is 0 Å². The normalized spacial score (nSPS) is 11.2. The van der Waals surface area contributed by atoms with Gasteiger partial charge in [-0.05, 0) is 19.1 Å².